The van der Waals surface area contributed by atoms with E-state index in [9.17, 15) is 4.79 Å². The van der Waals surface area contributed by atoms with Gasteiger partial charge >= 0.3 is 0 Å². The van der Waals surface area contributed by atoms with E-state index in [0.717, 1.165) is 15.4 Å². The van der Waals surface area contributed by atoms with Crippen molar-refractivity contribution in [3.63, 3.8) is 0 Å². The number of hydrogen-bond donors (Lipinski definition) is 0. The fourth-order valence-corrected chi connectivity index (χ4v) is 3.93. The molecule has 0 fully saturated rings. The lowest BCUT2D eigenvalue weighted by Crippen LogP contribution is -2.26. The summed E-state index contributed by atoms with van der Waals surface area (Å²) in [6.45, 7) is 0.583. The van der Waals surface area contributed by atoms with Gasteiger partial charge in [0.2, 0.25) is 0 Å². The zero-order chi connectivity index (χ0) is 17.8. The topological polar surface area (TPSA) is 51.7 Å². The average Bonchev–Trinajstić information content (AvgIpc) is 3.32. The maximum absolute atomic E-state index is 12.6. The Morgan fingerprint density at radius 1 is 1.16 bits per heavy atom. The van der Waals surface area contributed by atoms with Crippen LogP contribution in [-0.2, 0) is 6.54 Å². The van der Waals surface area contributed by atoms with Crippen molar-refractivity contribution in [3.8, 4) is 22.1 Å². The molecule has 0 bridgehead atoms. The smallest absolute Gasteiger partial charge is 0.273 e. The van der Waals surface area contributed by atoms with Gasteiger partial charge in [-0.15, -0.1) is 22.7 Å². The third-order valence-electron chi connectivity index (χ3n) is 3.67. The van der Waals surface area contributed by atoms with Crippen LogP contribution in [0.15, 0.2) is 41.1 Å². The third-order valence-corrected chi connectivity index (χ3v) is 5.43. The van der Waals surface area contributed by atoms with Crippen LogP contribution in [0, 0.1) is 0 Å². The Balaban J connectivity index is 1.79. The molecule has 7 heteroatoms. The van der Waals surface area contributed by atoms with E-state index in [4.69, 9.17) is 9.47 Å². The molecule has 0 saturated carbocycles. The monoisotopic (exact) mass is 374 g/mol. The van der Waals surface area contributed by atoms with Crippen LogP contribution in [0.25, 0.3) is 10.6 Å². The van der Waals surface area contributed by atoms with Gasteiger partial charge in [0.05, 0.1) is 20.8 Å². The fourth-order valence-electron chi connectivity index (χ4n) is 2.38. The van der Waals surface area contributed by atoms with Crippen LogP contribution in [-0.4, -0.2) is 37.1 Å². The predicted octanol–water partition coefficient (Wildman–Crippen LogP) is 4.16. The number of rotatable bonds is 6. The highest BCUT2D eigenvalue weighted by molar-refractivity contribution is 7.13. The molecule has 130 valence electrons. The highest BCUT2D eigenvalue weighted by Crippen LogP contribution is 2.33. The number of nitrogens with zero attached hydrogens (tertiary/aromatic N) is 2. The summed E-state index contributed by atoms with van der Waals surface area (Å²) in [6, 6.07) is 9.60. The first-order chi connectivity index (χ1) is 12.1. The van der Waals surface area contributed by atoms with Crippen molar-refractivity contribution in [2.24, 2.45) is 0 Å². The highest BCUT2D eigenvalue weighted by Gasteiger charge is 2.17. The normalized spacial score (nSPS) is 10.5. The molecule has 2 heterocycles. The third kappa shape index (κ3) is 3.83. The molecule has 2 aromatic heterocycles. The van der Waals surface area contributed by atoms with E-state index in [0.29, 0.717) is 23.7 Å². The molecule has 0 radical (unpaired) electrons. The second-order valence-electron chi connectivity index (χ2n) is 5.35. The van der Waals surface area contributed by atoms with Crippen molar-refractivity contribution in [1.82, 2.24) is 9.88 Å². The van der Waals surface area contributed by atoms with Gasteiger partial charge in [-0.25, -0.2) is 4.98 Å². The Bertz CT molecular complexity index is 859. The summed E-state index contributed by atoms with van der Waals surface area (Å²) in [5.41, 5.74) is 1.34. The summed E-state index contributed by atoms with van der Waals surface area (Å²) in [5, 5.41) is 4.57. The van der Waals surface area contributed by atoms with E-state index in [1.165, 1.54) is 11.3 Å². The van der Waals surface area contributed by atoms with Crippen molar-refractivity contribution >= 4 is 28.6 Å². The molecule has 0 aliphatic rings. The van der Waals surface area contributed by atoms with Gasteiger partial charge in [0, 0.05) is 22.9 Å². The number of carbonyl (C=O) groups excluding carboxylic acids is 1. The van der Waals surface area contributed by atoms with E-state index in [1.807, 2.05) is 35.7 Å². The first-order valence-electron chi connectivity index (χ1n) is 7.58. The number of benzene rings is 1. The summed E-state index contributed by atoms with van der Waals surface area (Å²) in [4.78, 5) is 19.9. The maximum atomic E-state index is 12.6. The van der Waals surface area contributed by atoms with Crippen molar-refractivity contribution in [1.29, 1.82) is 0 Å². The molecular weight excluding hydrogens is 356 g/mol. The molecule has 0 N–H and O–H groups in total. The summed E-state index contributed by atoms with van der Waals surface area (Å²) in [7, 11) is 4.98. The first-order valence-corrected chi connectivity index (χ1v) is 9.34. The van der Waals surface area contributed by atoms with Crippen LogP contribution in [0.1, 0.15) is 15.4 Å². The molecule has 25 heavy (non-hydrogen) atoms. The van der Waals surface area contributed by atoms with E-state index in [1.54, 1.807) is 42.9 Å². The van der Waals surface area contributed by atoms with Gasteiger partial charge in [-0.2, -0.15) is 0 Å². The van der Waals surface area contributed by atoms with Gasteiger partial charge in [-0.05, 0) is 29.6 Å². The van der Waals surface area contributed by atoms with E-state index in [2.05, 4.69) is 4.98 Å². The number of methoxy groups -OCH3 is 2. The molecule has 3 aromatic rings. The Morgan fingerprint density at radius 3 is 2.64 bits per heavy atom. The molecule has 0 aliphatic carbocycles. The number of hydrogen-bond acceptors (Lipinski definition) is 6. The summed E-state index contributed by atoms with van der Waals surface area (Å²) in [5.74, 6) is 1.21. The average molecular weight is 374 g/mol. The lowest BCUT2D eigenvalue weighted by Gasteiger charge is -2.14. The van der Waals surface area contributed by atoms with Crippen LogP contribution in [0.2, 0.25) is 0 Å². The van der Waals surface area contributed by atoms with Crippen LogP contribution < -0.4 is 9.47 Å². The van der Waals surface area contributed by atoms with Crippen molar-refractivity contribution in [2.45, 2.75) is 6.54 Å². The van der Waals surface area contributed by atoms with Crippen molar-refractivity contribution < 1.29 is 14.3 Å². The summed E-state index contributed by atoms with van der Waals surface area (Å²) < 4.78 is 10.6. The van der Waals surface area contributed by atoms with Gasteiger partial charge in [-0.3, -0.25) is 4.79 Å². The zero-order valence-electron chi connectivity index (χ0n) is 14.2. The number of aromatic nitrogens is 1. The second kappa shape index (κ2) is 7.67. The molecule has 0 unspecified atom stereocenters. The quantitative estimate of drug-likeness (QED) is 0.650. The Hall–Kier alpha value is -2.38. The summed E-state index contributed by atoms with van der Waals surface area (Å²) in [6.07, 6.45) is 0. The SMILES string of the molecule is COc1ccc(-c2nc(C(=O)N(C)Cc3cccs3)cs2)cc1OC. The highest BCUT2D eigenvalue weighted by atomic mass is 32.1. The van der Waals surface area contributed by atoms with Crippen LogP contribution in [0.4, 0.5) is 0 Å². The minimum absolute atomic E-state index is 0.0867. The lowest BCUT2D eigenvalue weighted by atomic mass is 10.2. The maximum Gasteiger partial charge on any atom is 0.273 e. The summed E-state index contributed by atoms with van der Waals surface area (Å²) >= 11 is 3.07. The van der Waals surface area contributed by atoms with Gasteiger partial charge in [-0.1, -0.05) is 6.07 Å². The number of ether oxygens (including phenoxy) is 2. The lowest BCUT2D eigenvalue weighted by molar-refractivity contribution is 0.0781. The number of carbonyl (C=O) groups is 1. The minimum Gasteiger partial charge on any atom is -0.493 e. The Kier molecular flexibility index (Phi) is 5.35. The predicted molar refractivity (Wildman–Crippen MR) is 101 cm³/mol. The largest absolute Gasteiger partial charge is 0.493 e. The van der Waals surface area contributed by atoms with Crippen molar-refractivity contribution in [2.75, 3.05) is 21.3 Å². The molecule has 0 aliphatic heterocycles. The zero-order valence-corrected chi connectivity index (χ0v) is 15.8. The number of thiophene rings is 1. The Labute approximate surface area is 154 Å². The molecule has 0 saturated heterocycles. The van der Waals surface area contributed by atoms with Gasteiger partial charge in [0.1, 0.15) is 10.7 Å². The fraction of sp³-hybridized carbons (Fsp3) is 0.222. The first kappa shape index (κ1) is 17.4. The molecule has 1 amide bonds. The second-order valence-corrected chi connectivity index (χ2v) is 7.24. The van der Waals surface area contributed by atoms with Gasteiger partial charge in [0.15, 0.2) is 11.5 Å². The molecule has 0 atom stereocenters. The molecule has 3 rings (SSSR count). The molecule has 1 aromatic carbocycles. The minimum atomic E-state index is -0.0867. The van der Waals surface area contributed by atoms with Gasteiger partial charge < -0.3 is 14.4 Å². The van der Waals surface area contributed by atoms with Crippen LogP contribution in [0.5, 0.6) is 11.5 Å². The van der Waals surface area contributed by atoms with Gasteiger partial charge in [0.25, 0.3) is 5.91 Å². The van der Waals surface area contributed by atoms with E-state index < -0.39 is 0 Å². The van der Waals surface area contributed by atoms with E-state index in [-0.39, 0.29) is 5.91 Å². The molecule has 5 nitrogen and oxygen atoms in total. The van der Waals surface area contributed by atoms with E-state index >= 15 is 0 Å². The van der Waals surface area contributed by atoms with Crippen LogP contribution >= 0.6 is 22.7 Å². The van der Waals surface area contributed by atoms with Crippen LogP contribution in [0.3, 0.4) is 0 Å². The molecule has 0 spiro atoms. The number of amides is 1. The Morgan fingerprint density at radius 2 is 1.96 bits per heavy atom. The number of thiazole rings is 1. The standard InChI is InChI=1S/C18H18N2O3S2/c1-20(10-13-5-4-8-24-13)18(21)14-11-25-17(19-14)12-6-7-15(22-2)16(9-12)23-3/h4-9,11H,10H2,1-3H3. The van der Waals surface area contributed by atoms with Crippen molar-refractivity contribution in [3.05, 3.63) is 51.7 Å². The molecular formula is C18H18N2O3S2.